The fourth-order valence-corrected chi connectivity index (χ4v) is 7.19. The van der Waals surface area contributed by atoms with Gasteiger partial charge in [0.15, 0.2) is 0 Å². The molecule has 1 aliphatic carbocycles. The molecular weight excluding hydrogens is 420 g/mol. The lowest BCUT2D eigenvalue weighted by atomic mass is 9.70. The van der Waals surface area contributed by atoms with E-state index in [1.54, 1.807) is 0 Å². The third kappa shape index (κ3) is 5.02. The average Bonchev–Trinajstić information content (AvgIpc) is 3.19. The Labute approximate surface area is 208 Å². The molecule has 1 amide bonds. The molecule has 1 saturated carbocycles. The molecule has 2 N–H and O–H groups in total. The van der Waals surface area contributed by atoms with E-state index in [1.165, 1.54) is 50.6 Å². The Kier molecular flexibility index (Phi) is 8.57. The maximum absolute atomic E-state index is 13.7. The number of likely N-dealkylation sites (tertiary alicyclic amines) is 1. The largest absolute Gasteiger partial charge is 0.339 e. The zero-order valence-corrected chi connectivity index (χ0v) is 22.1. The van der Waals surface area contributed by atoms with E-state index >= 15 is 0 Å². The highest BCUT2D eigenvalue weighted by Crippen LogP contribution is 2.44. The van der Waals surface area contributed by atoms with Crippen LogP contribution in [-0.2, 0) is 4.79 Å². The topological polar surface area (TPSA) is 47.6 Å². The van der Waals surface area contributed by atoms with E-state index in [-0.39, 0.29) is 11.8 Å². The number of hydrogen-bond acceptors (Lipinski definition) is 4. The molecule has 0 radical (unpaired) electrons. The molecule has 1 aromatic carbocycles. The van der Waals surface area contributed by atoms with E-state index in [1.807, 2.05) is 0 Å². The van der Waals surface area contributed by atoms with Crippen LogP contribution in [0.2, 0.25) is 0 Å². The van der Waals surface area contributed by atoms with Crippen molar-refractivity contribution in [1.29, 1.82) is 0 Å². The lowest BCUT2D eigenvalue weighted by molar-refractivity contribution is -0.128. The first-order valence-electron chi connectivity index (χ1n) is 14.0. The van der Waals surface area contributed by atoms with Crippen LogP contribution in [0, 0.1) is 17.8 Å². The molecule has 3 aliphatic rings. The molecule has 190 valence electrons. The first-order valence-corrected chi connectivity index (χ1v) is 14.0. The van der Waals surface area contributed by atoms with E-state index < -0.39 is 5.54 Å². The van der Waals surface area contributed by atoms with Gasteiger partial charge in [0.1, 0.15) is 5.54 Å². The van der Waals surface area contributed by atoms with Crippen LogP contribution in [0.15, 0.2) is 30.3 Å². The zero-order chi connectivity index (χ0) is 24.1. The summed E-state index contributed by atoms with van der Waals surface area (Å²) < 4.78 is 0. The molecule has 3 atom stereocenters. The summed E-state index contributed by atoms with van der Waals surface area (Å²) >= 11 is 0. The molecule has 2 saturated heterocycles. The van der Waals surface area contributed by atoms with E-state index in [0.717, 1.165) is 37.8 Å². The maximum Gasteiger partial charge on any atom is 0.247 e. The summed E-state index contributed by atoms with van der Waals surface area (Å²) in [5, 5.41) is 6.94. The number of anilines is 1. The van der Waals surface area contributed by atoms with Crippen molar-refractivity contribution >= 4 is 11.6 Å². The van der Waals surface area contributed by atoms with Crippen LogP contribution < -0.4 is 15.5 Å². The van der Waals surface area contributed by atoms with Crippen molar-refractivity contribution in [3.8, 4) is 0 Å². The smallest absolute Gasteiger partial charge is 0.247 e. The Hall–Kier alpha value is -1.59. The minimum Gasteiger partial charge on any atom is -0.339 e. The van der Waals surface area contributed by atoms with E-state index in [4.69, 9.17) is 0 Å². The van der Waals surface area contributed by atoms with Crippen molar-refractivity contribution in [2.45, 2.75) is 96.2 Å². The molecule has 1 spiro atoms. The number of nitrogens with one attached hydrogen (secondary N) is 2. The van der Waals surface area contributed by atoms with Gasteiger partial charge >= 0.3 is 0 Å². The highest BCUT2D eigenvalue weighted by molar-refractivity contribution is 5.94. The van der Waals surface area contributed by atoms with Gasteiger partial charge in [-0.15, -0.1) is 0 Å². The lowest BCUT2D eigenvalue weighted by Crippen LogP contribution is -2.67. The number of para-hydroxylation sites is 1. The molecule has 4 rings (SSSR count). The third-order valence-corrected chi connectivity index (χ3v) is 9.34. The van der Waals surface area contributed by atoms with Crippen LogP contribution in [0.4, 0.5) is 5.69 Å². The number of benzene rings is 1. The molecule has 5 nitrogen and oxygen atoms in total. The van der Waals surface area contributed by atoms with Crippen molar-refractivity contribution in [2.75, 3.05) is 31.7 Å². The number of hydrogen-bond donors (Lipinski definition) is 2. The molecular formula is C29H48N4O. The Morgan fingerprint density at radius 3 is 2.50 bits per heavy atom. The van der Waals surface area contributed by atoms with E-state index in [0.29, 0.717) is 18.8 Å². The number of amides is 1. The van der Waals surface area contributed by atoms with Crippen LogP contribution >= 0.6 is 0 Å². The highest BCUT2D eigenvalue weighted by Gasteiger charge is 2.58. The van der Waals surface area contributed by atoms with Gasteiger partial charge in [-0.2, -0.15) is 0 Å². The summed E-state index contributed by atoms with van der Waals surface area (Å²) in [6.45, 7) is 9.70. The summed E-state index contributed by atoms with van der Waals surface area (Å²) in [5.41, 5.74) is 0.701. The van der Waals surface area contributed by atoms with Crippen LogP contribution in [0.1, 0.15) is 78.6 Å². The van der Waals surface area contributed by atoms with Crippen LogP contribution in [-0.4, -0.2) is 55.2 Å². The number of carbonyl (C=O) groups is 1. The van der Waals surface area contributed by atoms with Gasteiger partial charge in [0, 0.05) is 36.8 Å². The van der Waals surface area contributed by atoms with Crippen LogP contribution in [0.25, 0.3) is 0 Å². The Morgan fingerprint density at radius 1 is 1.12 bits per heavy atom. The van der Waals surface area contributed by atoms with E-state index in [9.17, 15) is 4.79 Å². The summed E-state index contributed by atoms with van der Waals surface area (Å²) in [7, 11) is 2.11. The fraction of sp³-hybridized carbons (Fsp3) is 0.759. The van der Waals surface area contributed by atoms with Gasteiger partial charge in [-0.25, -0.2) is 0 Å². The number of piperidine rings is 1. The van der Waals surface area contributed by atoms with Crippen molar-refractivity contribution in [3.63, 3.8) is 0 Å². The van der Waals surface area contributed by atoms with Crippen molar-refractivity contribution < 1.29 is 4.79 Å². The van der Waals surface area contributed by atoms with Crippen LogP contribution in [0.5, 0.6) is 0 Å². The predicted molar refractivity (Wildman–Crippen MR) is 142 cm³/mol. The number of nitrogens with zero attached hydrogens (tertiary/aromatic N) is 2. The first kappa shape index (κ1) is 25.5. The average molecular weight is 469 g/mol. The monoisotopic (exact) mass is 468 g/mol. The highest BCUT2D eigenvalue weighted by atomic mass is 16.2. The second kappa shape index (κ2) is 11.4. The summed E-state index contributed by atoms with van der Waals surface area (Å²) in [6.07, 6.45) is 11.1. The molecule has 1 aromatic rings. The number of rotatable bonds is 9. The van der Waals surface area contributed by atoms with Gasteiger partial charge in [0.2, 0.25) is 5.91 Å². The fourth-order valence-electron chi connectivity index (χ4n) is 7.19. The van der Waals surface area contributed by atoms with Crippen LogP contribution in [0.3, 0.4) is 0 Å². The molecule has 2 heterocycles. The second-order valence-electron chi connectivity index (χ2n) is 11.4. The Balaban J connectivity index is 1.60. The Morgan fingerprint density at radius 2 is 1.85 bits per heavy atom. The van der Waals surface area contributed by atoms with Gasteiger partial charge in [0.05, 0.1) is 6.67 Å². The molecule has 34 heavy (non-hydrogen) atoms. The van der Waals surface area contributed by atoms with Crippen molar-refractivity contribution in [3.05, 3.63) is 30.3 Å². The summed E-state index contributed by atoms with van der Waals surface area (Å²) in [6, 6.07) is 11.6. The second-order valence-corrected chi connectivity index (χ2v) is 11.4. The molecule has 2 aliphatic heterocycles. The number of carbonyl (C=O) groups excluding carboxylic acids is 1. The Bertz CT molecular complexity index is 776. The molecule has 5 heteroatoms. The van der Waals surface area contributed by atoms with Gasteiger partial charge in [-0.05, 0) is 69.5 Å². The van der Waals surface area contributed by atoms with Gasteiger partial charge < -0.3 is 15.5 Å². The van der Waals surface area contributed by atoms with Crippen molar-refractivity contribution in [1.82, 2.24) is 15.5 Å². The predicted octanol–water partition coefficient (Wildman–Crippen LogP) is 5.02. The summed E-state index contributed by atoms with van der Waals surface area (Å²) in [5.74, 6) is 2.19. The SMILES string of the molecule is CCCCCC(NC)C1CN(C2CCC(C(C)C)CC2)CCC12C(=O)NCN2c1ccccc1. The minimum atomic E-state index is -0.465. The number of unbranched alkanes of at least 4 members (excludes halogenated alkanes) is 2. The standard InChI is InChI=1S/C29H48N4O/c1-5-6-8-13-27(30-4)26-20-32(24-16-14-23(15-17-24)22(2)3)19-18-29(26)28(34)31-21-33(29)25-11-9-7-10-12-25/h7,9-12,22-24,26-27,30H,5-6,8,13-21H2,1-4H3,(H,31,34). The van der Waals surface area contributed by atoms with Gasteiger partial charge in [0.25, 0.3) is 0 Å². The normalized spacial score (nSPS) is 31.3. The summed E-state index contributed by atoms with van der Waals surface area (Å²) in [4.78, 5) is 18.9. The lowest BCUT2D eigenvalue weighted by Gasteiger charge is -2.53. The third-order valence-electron chi connectivity index (χ3n) is 9.34. The quantitative estimate of drug-likeness (QED) is 0.500. The maximum atomic E-state index is 13.7. The zero-order valence-electron chi connectivity index (χ0n) is 22.1. The van der Waals surface area contributed by atoms with Gasteiger partial charge in [-0.1, -0.05) is 58.2 Å². The molecule has 3 fully saturated rings. The van der Waals surface area contributed by atoms with Crippen molar-refractivity contribution in [2.24, 2.45) is 17.8 Å². The molecule has 0 bridgehead atoms. The van der Waals surface area contributed by atoms with Gasteiger partial charge in [-0.3, -0.25) is 9.69 Å². The molecule has 3 unspecified atom stereocenters. The van der Waals surface area contributed by atoms with E-state index in [2.05, 4.69) is 78.6 Å². The minimum absolute atomic E-state index is 0.236. The first-order chi connectivity index (χ1) is 16.5. The molecule has 0 aromatic heterocycles.